The summed E-state index contributed by atoms with van der Waals surface area (Å²) in [5, 5.41) is 1.90. The molecular weight excluding hydrogens is 312 g/mol. The summed E-state index contributed by atoms with van der Waals surface area (Å²) in [7, 11) is 6.31. The maximum Gasteiger partial charge on any atom is 0.191 e. The molecule has 0 unspecified atom stereocenters. The molecule has 0 saturated carbocycles. The normalized spacial score (nSPS) is 11.4. The third kappa shape index (κ3) is 4.58. The molecule has 2 rings (SSSR count). The van der Waals surface area contributed by atoms with Gasteiger partial charge < -0.3 is 28.4 Å². The minimum atomic E-state index is -0.413. The molecule has 0 aromatic heterocycles. The lowest BCUT2D eigenvalue weighted by atomic mass is 10.1. The molecule has 2 aromatic rings. The van der Waals surface area contributed by atoms with Gasteiger partial charge in [0.25, 0.3) is 0 Å². The average molecular weight is 336 g/mol. The van der Waals surface area contributed by atoms with Crippen molar-refractivity contribution in [2.45, 2.75) is 12.6 Å². The van der Waals surface area contributed by atoms with Crippen LogP contribution in [0.15, 0.2) is 36.4 Å². The Morgan fingerprint density at radius 1 is 0.625 bits per heavy atom. The van der Waals surface area contributed by atoms with Gasteiger partial charge in [-0.2, -0.15) is 0 Å². The van der Waals surface area contributed by atoms with E-state index in [-0.39, 0.29) is 0 Å². The molecule has 0 spiro atoms. The molecule has 0 radical (unpaired) electrons. The summed E-state index contributed by atoms with van der Waals surface area (Å²) in [4.78, 5) is 0. The van der Waals surface area contributed by atoms with Crippen molar-refractivity contribution in [3.8, 4) is 11.5 Å². The van der Waals surface area contributed by atoms with Crippen molar-refractivity contribution in [2.24, 2.45) is 0 Å². The molecule has 0 heterocycles. The van der Waals surface area contributed by atoms with E-state index in [0.717, 1.165) is 22.3 Å². The zero-order chi connectivity index (χ0) is 17.4. The third-order valence-corrected chi connectivity index (χ3v) is 3.64. The molecule has 6 nitrogen and oxygen atoms in total. The van der Waals surface area contributed by atoms with Crippen LogP contribution in [0.4, 0.5) is 0 Å². The highest BCUT2D eigenvalue weighted by Gasteiger charge is 2.12. The molecule has 6 heteroatoms. The van der Waals surface area contributed by atoms with Gasteiger partial charge in [0.1, 0.15) is 24.7 Å². The Balaban J connectivity index is 2.19. The lowest BCUT2D eigenvalue weighted by molar-refractivity contribution is -0.122. The number of hydrogen-bond acceptors (Lipinski definition) is 6. The van der Waals surface area contributed by atoms with Crippen molar-refractivity contribution in [1.82, 2.24) is 0 Å². The first-order valence-electron chi connectivity index (χ1n) is 7.62. The van der Waals surface area contributed by atoms with E-state index in [1.54, 1.807) is 28.4 Å². The number of rotatable bonds is 10. The molecule has 0 aliphatic carbocycles. The number of ether oxygens (including phenoxy) is 6. The van der Waals surface area contributed by atoms with Crippen LogP contribution in [0.5, 0.6) is 11.5 Å². The number of benzene rings is 2. The van der Waals surface area contributed by atoms with Crippen molar-refractivity contribution in [2.75, 3.05) is 41.7 Å². The average Bonchev–Trinajstić information content (AvgIpc) is 2.63. The topological polar surface area (TPSA) is 55.4 Å². The van der Waals surface area contributed by atoms with Gasteiger partial charge in [-0.05, 0) is 12.1 Å². The van der Waals surface area contributed by atoms with Crippen molar-refractivity contribution < 1.29 is 28.4 Å². The summed E-state index contributed by atoms with van der Waals surface area (Å²) in [5.41, 5.74) is 0. The van der Waals surface area contributed by atoms with Crippen molar-refractivity contribution in [1.29, 1.82) is 0 Å². The minimum Gasteiger partial charge on any atom is -0.488 e. The van der Waals surface area contributed by atoms with Gasteiger partial charge >= 0.3 is 0 Å². The second-order valence-electron chi connectivity index (χ2n) is 5.03. The number of fused-ring (bicyclic) bond motifs is 1. The smallest absolute Gasteiger partial charge is 0.191 e. The van der Waals surface area contributed by atoms with E-state index >= 15 is 0 Å². The SMILES string of the molecule is COC(COc1cccc2c(OCC(OC)OC)cccc12)OC. The molecule has 0 aliphatic heterocycles. The van der Waals surface area contributed by atoms with Crippen LogP contribution < -0.4 is 9.47 Å². The van der Waals surface area contributed by atoms with Gasteiger partial charge in [-0.1, -0.05) is 24.3 Å². The lowest BCUT2D eigenvalue weighted by Crippen LogP contribution is -2.22. The lowest BCUT2D eigenvalue weighted by Gasteiger charge is -2.17. The van der Waals surface area contributed by atoms with Gasteiger partial charge in [-0.15, -0.1) is 0 Å². The highest BCUT2D eigenvalue weighted by atomic mass is 16.7. The van der Waals surface area contributed by atoms with Gasteiger partial charge in [0.05, 0.1) is 0 Å². The second kappa shape index (κ2) is 9.44. The Bertz CT molecular complexity index is 567. The highest BCUT2D eigenvalue weighted by Crippen LogP contribution is 2.32. The van der Waals surface area contributed by atoms with Crippen LogP contribution in [0.2, 0.25) is 0 Å². The van der Waals surface area contributed by atoms with Gasteiger partial charge in [0.15, 0.2) is 12.6 Å². The van der Waals surface area contributed by atoms with Crippen LogP contribution in [0.25, 0.3) is 10.8 Å². The fourth-order valence-electron chi connectivity index (χ4n) is 2.28. The van der Waals surface area contributed by atoms with E-state index in [1.165, 1.54) is 0 Å². The third-order valence-electron chi connectivity index (χ3n) is 3.64. The van der Waals surface area contributed by atoms with Crippen LogP contribution in [-0.2, 0) is 18.9 Å². The molecule has 0 bridgehead atoms. The van der Waals surface area contributed by atoms with Crippen LogP contribution in [0, 0.1) is 0 Å². The van der Waals surface area contributed by atoms with E-state index in [2.05, 4.69) is 0 Å². The first-order chi connectivity index (χ1) is 11.7. The highest BCUT2D eigenvalue weighted by molar-refractivity contribution is 5.93. The minimum absolute atomic E-state index is 0.298. The zero-order valence-electron chi connectivity index (χ0n) is 14.5. The summed E-state index contributed by atoms with van der Waals surface area (Å²) in [5.74, 6) is 1.49. The first-order valence-corrected chi connectivity index (χ1v) is 7.62. The fraction of sp³-hybridized carbons (Fsp3) is 0.444. The van der Waals surface area contributed by atoms with Gasteiger partial charge in [-0.3, -0.25) is 0 Å². The summed E-state index contributed by atoms with van der Waals surface area (Å²) in [6, 6.07) is 11.6. The fourth-order valence-corrected chi connectivity index (χ4v) is 2.28. The molecule has 0 N–H and O–H groups in total. The number of hydrogen-bond donors (Lipinski definition) is 0. The van der Waals surface area contributed by atoms with Crippen molar-refractivity contribution in [3.63, 3.8) is 0 Å². The molecule has 0 amide bonds. The Morgan fingerprint density at radius 3 is 1.33 bits per heavy atom. The maximum absolute atomic E-state index is 5.83. The summed E-state index contributed by atoms with van der Waals surface area (Å²) in [6.45, 7) is 0.596. The number of methoxy groups -OCH3 is 4. The van der Waals surface area contributed by atoms with Gasteiger partial charge in [0, 0.05) is 39.2 Å². The zero-order valence-corrected chi connectivity index (χ0v) is 14.5. The molecule has 24 heavy (non-hydrogen) atoms. The molecule has 0 saturated heterocycles. The van der Waals surface area contributed by atoms with E-state index in [9.17, 15) is 0 Å². The standard InChI is InChI=1S/C18H24O6/c1-19-17(20-2)11-23-15-9-5-8-14-13(15)7-6-10-16(14)24-12-18(21-3)22-4/h5-10,17-18H,11-12H2,1-4H3. The Hall–Kier alpha value is -1.86. The first kappa shape index (κ1) is 18.5. The molecule has 0 aliphatic rings. The summed E-state index contributed by atoms with van der Waals surface area (Å²) in [6.07, 6.45) is -0.826. The summed E-state index contributed by atoms with van der Waals surface area (Å²) >= 11 is 0. The molecule has 0 fully saturated rings. The molecule has 0 atom stereocenters. The van der Waals surface area contributed by atoms with Crippen molar-refractivity contribution >= 4 is 10.8 Å². The van der Waals surface area contributed by atoms with E-state index in [1.807, 2.05) is 36.4 Å². The Morgan fingerprint density at radius 2 is 1.00 bits per heavy atom. The van der Waals surface area contributed by atoms with Gasteiger partial charge in [-0.25, -0.2) is 0 Å². The second-order valence-corrected chi connectivity index (χ2v) is 5.03. The quantitative estimate of drug-likeness (QED) is 0.622. The van der Waals surface area contributed by atoms with Crippen molar-refractivity contribution in [3.05, 3.63) is 36.4 Å². The molecular formula is C18H24O6. The Kier molecular flexibility index (Phi) is 7.27. The predicted octanol–water partition coefficient (Wildman–Crippen LogP) is 2.84. The maximum atomic E-state index is 5.83. The Labute approximate surface area is 142 Å². The van der Waals surface area contributed by atoms with Gasteiger partial charge in [0.2, 0.25) is 0 Å². The summed E-state index contributed by atoms with van der Waals surface area (Å²) < 4.78 is 32.3. The van der Waals surface area contributed by atoms with Crippen LogP contribution in [0.3, 0.4) is 0 Å². The predicted molar refractivity (Wildman–Crippen MR) is 90.6 cm³/mol. The molecule has 2 aromatic carbocycles. The van der Waals surface area contributed by atoms with Crippen LogP contribution in [-0.4, -0.2) is 54.2 Å². The molecule has 132 valence electrons. The monoisotopic (exact) mass is 336 g/mol. The van der Waals surface area contributed by atoms with E-state index in [0.29, 0.717) is 13.2 Å². The van der Waals surface area contributed by atoms with E-state index in [4.69, 9.17) is 28.4 Å². The van der Waals surface area contributed by atoms with Crippen LogP contribution >= 0.6 is 0 Å². The largest absolute Gasteiger partial charge is 0.488 e. The van der Waals surface area contributed by atoms with Crippen LogP contribution in [0.1, 0.15) is 0 Å². The van der Waals surface area contributed by atoms with E-state index < -0.39 is 12.6 Å².